The molecule has 2 N–H and O–H groups in total. The van der Waals surface area contributed by atoms with Gasteiger partial charge in [0, 0.05) is 18.5 Å². The zero-order chi connectivity index (χ0) is 13.4. The number of nitrogens with one attached hydrogen (secondary N) is 2. The van der Waals surface area contributed by atoms with E-state index >= 15 is 0 Å². The van der Waals surface area contributed by atoms with Crippen molar-refractivity contribution in [2.75, 3.05) is 26.2 Å². The zero-order valence-corrected chi connectivity index (χ0v) is 12.3. The van der Waals surface area contributed by atoms with E-state index < -0.39 is 0 Å². The number of carbonyl (C=O) groups excluding carboxylic acids is 1. The van der Waals surface area contributed by atoms with Gasteiger partial charge in [0.25, 0.3) is 5.91 Å². The molecule has 1 rings (SSSR count). The first-order valence-corrected chi connectivity index (χ1v) is 6.54. The molecule has 0 bridgehead atoms. The Bertz CT molecular complexity index is 383. The number of rotatable bonds is 7. The fraction of sp³-hybridized carbons (Fsp3) is 0.500. The summed E-state index contributed by atoms with van der Waals surface area (Å²) in [6.07, 6.45) is 0.943. The molecule has 1 aromatic rings. The molecule has 0 aliphatic heterocycles. The average Bonchev–Trinajstić information content (AvgIpc) is 2.38. The van der Waals surface area contributed by atoms with Crippen LogP contribution >= 0.6 is 0 Å². The summed E-state index contributed by atoms with van der Waals surface area (Å²) >= 11 is 0. The molecule has 108 valence electrons. The molecule has 0 atom stereocenters. The number of hydrogen-bond donors (Lipinski definition) is 2. The maximum absolute atomic E-state index is 12.9. The van der Waals surface area contributed by atoms with Gasteiger partial charge < -0.3 is 22.6 Å². The highest BCUT2D eigenvalue weighted by Gasteiger charge is 2.06. The van der Waals surface area contributed by atoms with Gasteiger partial charge in [0.15, 0.2) is 0 Å². The molecule has 0 aromatic heterocycles. The fourth-order valence-corrected chi connectivity index (χ4v) is 1.88. The molecule has 0 saturated carbocycles. The number of quaternary nitrogens is 1. The van der Waals surface area contributed by atoms with Crippen LogP contribution in [0.5, 0.6) is 0 Å². The summed E-state index contributed by atoms with van der Waals surface area (Å²) in [5, 5.41) is 2.81. The second-order valence-electron chi connectivity index (χ2n) is 4.33. The highest BCUT2D eigenvalue weighted by molar-refractivity contribution is 5.94. The highest BCUT2D eigenvalue weighted by Crippen LogP contribution is 2.02. The molecule has 19 heavy (non-hydrogen) atoms. The van der Waals surface area contributed by atoms with Crippen molar-refractivity contribution < 1.29 is 26.5 Å². The standard InChI is InChI=1S/C14H21FN2O.ClH/c1-3-17(4-2)10-6-9-16-14(18)12-7-5-8-13(15)11-12;/h5,7-8,11H,3-4,6,9-10H2,1-2H3,(H,16,18);1H. The van der Waals surface area contributed by atoms with E-state index in [9.17, 15) is 9.18 Å². The minimum absolute atomic E-state index is 0. The zero-order valence-electron chi connectivity index (χ0n) is 11.5. The second-order valence-corrected chi connectivity index (χ2v) is 4.33. The third-order valence-corrected chi connectivity index (χ3v) is 3.08. The molecule has 0 unspecified atom stereocenters. The SMILES string of the molecule is CC[NH+](CC)CCCNC(=O)c1cccc(F)c1.[Cl-]. The first-order chi connectivity index (χ1) is 8.67. The van der Waals surface area contributed by atoms with Crippen molar-refractivity contribution in [1.29, 1.82) is 0 Å². The lowest BCUT2D eigenvalue weighted by Crippen LogP contribution is -3.11. The predicted molar refractivity (Wildman–Crippen MR) is 70.3 cm³/mol. The van der Waals surface area contributed by atoms with Crippen LogP contribution in [0.3, 0.4) is 0 Å². The van der Waals surface area contributed by atoms with Crippen molar-refractivity contribution >= 4 is 5.91 Å². The summed E-state index contributed by atoms with van der Waals surface area (Å²) in [5.41, 5.74) is 0.380. The van der Waals surface area contributed by atoms with Crippen LogP contribution in [0.4, 0.5) is 4.39 Å². The Morgan fingerprint density at radius 2 is 2.00 bits per heavy atom. The molecule has 0 heterocycles. The van der Waals surface area contributed by atoms with Crippen molar-refractivity contribution in [2.45, 2.75) is 20.3 Å². The van der Waals surface area contributed by atoms with E-state index in [2.05, 4.69) is 19.2 Å². The van der Waals surface area contributed by atoms with Gasteiger partial charge in [0.1, 0.15) is 5.82 Å². The van der Waals surface area contributed by atoms with Gasteiger partial charge >= 0.3 is 0 Å². The Morgan fingerprint density at radius 3 is 2.58 bits per heavy atom. The van der Waals surface area contributed by atoms with Gasteiger partial charge in [-0.25, -0.2) is 4.39 Å². The molecule has 0 aliphatic rings. The van der Waals surface area contributed by atoms with Crippen molar-refractivity contribution in [1.82, 2.24) is 5.32 Å². The van der Waals surface area contributed by atoms with E-state index in [1.165, 1.54) is 17.0 Å². The van der Waals surface area contributed by atoms with E-state index in [0.717, 1.165) is 26.1 Å². The second kappa shape index (κ2) is 9.75. The number of amides is 1. The first-order valence-electron chi connectivity index (χ1n) is 6.54. The molecular formula is C14H22ClFN2O. The Kier molecular flexibility index (Phi) is 9.17. The molecule has 0 spiro atoms. The van der Waals surface area contributed by atoms with E-state index in [4.69, 9.17) is 0 Å². The normalized spacial score (nSPS) is 10.1. The Morgan fingerprint density at radius 1 is 1.32 bits per heavy atom. The van der Waals surface area contributed by atoms with Crippen molar-refractivity contribution in [3.8, 4) is 0 Å². The van der Waals surface area contributed by atoms with E-state index in [1.54, 1.807) is 12.1 Å². The van der Waals surface area contributed by atoms with E-state index in [-0.39, 0.29) is 24.1 Å². The average molecular weight is 289 g/mol. The van der Waals surface area contributed by atoms with E-state index in [1.807, 2.05) is 0 Å². The van der Waals surface area contributed by atoms with Gasteiger partial charge in [-0.1, -0.05) is 6.07 Å². The molecule has 0 fully saturated rings. The third-order valence-electron chi connectivity index (χ3n) is 3.08. The molecular weight excluding hydrogens is 267 g/mol. The molecule has 0 saturated heterocycles. The van der Waals surface area contributed by atoms with Gasteiger partial charge in [-0.15, -0.1) is 0 Å². The third kappa shape index (κ3) is 6.55. The maximum atomic E-state index is 12.9. The van der Waals surface area contributed by atoms with Gasteiger partial charge in [-0.3, -0.25) is 4.79 Å². The summed E-state index contributed by atoms with van der Waals surface area (Å²) in [6.45, 7) is 8.21. The topological polar surface area (TPSA) is 33.5 Å². The lowest BCUT2D eigenvalue weighted by atomic mass is 10.2. The lowest BCUT2D eigenvalue weighted by molar-refractivity contribution is -0.896. The number of hydrogen-bond acceptors (Lipinski definition) is 1. The van der Waals surface area contributed by atoms with Crippen LogP contribution in [0, 0.1) is 5.82 Å². The monoisotopic (exact) mass is 288 g/mol. The van der Waals surface area contributed by atoms with Crippen LogP contribution in [0.15, 0.2) is 24.3 Å². The summed E-state index contributed by atoms with van der Waals surface area (Å²) in [5.74, 6) is -0.584. The minimum Gasteiger partial charge on any atom is -1.00 e. The van der Waals surface area contributed by atoms with E-state index in [0.29, 0.717) is 12.1 Å². The largest absolute Gasteiger partial charge is 1.00 e. The summed E-state index contributed by atoms with van der Waals surface area (Å²) in [4.78, 5) is 13.2. The molecule has 1 aromatic carbocycles. The van der Waals surface area contributed by atoms with Crippen LogP contribution in [-0.2, 0) is 0 Å². The smallest absolute Gasteiger partial charge is 0.251 e. The lowest BCUT2D eigenvalue weighted by Gasteiger charge is -2.15. The van der Waals surface area contributed by atoms with Crippen LogP contribution in [0.25, 0.3) is 0 Å². The summed E-state index contributed by atoms with van der Waals surface area (Å²) in [7, 11) is 0. The van der Waals surface area contributed by atoms with Gasteiger partial charge in [0.2, 0.25) is 0 Å². The molecule has 5 heteroatoms. The van der Waals surface area contributed by atoms with Crippen LogP contribution in [-0.4, -0.2) is 32.1 Å². The Labute approximate surface area is 120 Å². The fourth-order valence-electron chi connectivity index (χ4n) is 1.88. The summed E-state index contributed by atoms with van der Waals surface area (Å²) < 4.78 is 12.9. The van der Waals surface area contributed by atoms with Crippen molar-refractivity contribution in [3.63, 3.8) is 0 Å². The number of halogens is 2. The molecule has 0 radical (unpaired) electrons. The first kappa shape index (κ1) is 17.9. The van der Waals surface area contributed by atoms with Crippen LogP contribution in [0.2, 0.25) is 0 Å². The van der Waals surface area contributed by atoms with Crippen molar-refractivity contribution in [2.24, 2.45) is 0 Å². The van der Waals surface area contributed by atoms with Crippen LogP contribution < -0.4 is 22.6 Å². The van der Waals surface area contributed by atoms with Gasteiger partial charge in [-0.2, -0.15) is 0 Å². The minimum atomic E-state index is -0.379. The molecule has 0 aliphatic carbocycles. The maximum Gasteiger partial charge on any atom is 0.251 e. The molecule has 3 nitrogen and oxygen atoms in total. The van der Waals surface area contributed by atoms with Crippen LogP contribution in [0.1, 0.15) is 30.6 Å². The number of benzene rings is 1. The Hall–Kier alpha value is -1.13. The Balaban J connectivity index is 0.00000324. The molecule has 1 amide bonds. The summed E-state index contributed by atoms with van der Waals surface area (Å²) in [6, 6.07) is 5.75. The van der Waals surface area contributed by atoms with Gasteiger partial charge in [-0.05, 0) is 32.0 Å². The highest BCUT2D eigenvalue weighted by atomic mass is 35.5. The van der Waals surface area contributed by atoms with Gasteiger partial charge in [0.05, 0.1) is 19.6 Å². The quantitative estimate of drug-likeness (QED) is 0.553. The predicted octanol–water partition coefficient (Wildman–Crippen LogP) is -2.13. The number of carbonyl (C=O) groups is 1. The van der Waals surface area contributed by atoms with Crippen molar-refractivity contribution in [3.05, 3.63) is 35.6 Å².